The van der Waals surface area contributed by atoms with E-state index in [4.69, 9.17) is 0 Å². The molecule has 0 saturated carbocycles. The van der Waals surface area contributed by atoms with Gasteiger partial charge in [-0.1, -0.05) is 13.8 Å². The molecule has 15 heavy (non-hydrogen) atoms. The maximum absolute atomic E-state index is 4.46. The predicted molar refractivity (Wildman–Crippen MR) is 67.2 cm³/mol. The second kappa shape index (κ2) is 5.45. The van der Waals surface area contributed by atoms with Crippen LogP contribution in [0, 0.1) is 12.8 Å². The van der Waals surface area contributed by atoms with Crippen LogP contribution in [-0.2, 0) is 6.42 Å². The van der Waals surface area contributed by atoms with Crippen molar-refractivity contribution in [3.63, 3.8) is 0 Å². The van der Waals surface area contributed by atoms with E-state index in [0.29, 0.717) is 5.92 Å². The first-order valence-corrected chi connectivity index (χ1v) is 6.10. The summed E-state index contributed by atoms with van der Waals surface area (Å²) >= 11 is 3.56. The van der Waals surface area contributed by atoms with E-state index in [0.717, 1.165) is 34.8 Å². The van der Waals surface area contributed by atoms with Crippen LogP contribution in [0.5, 0.6) is 0 Å². The molecule has 0 fully saturated rings. The zero-order chi connectivity index (χ0) is 11.4. The molecule has 0 saturated heterocycles. The van der Waals surface area contributed by atoms with E-state index in [9.17, 15) is 0 Å². The fourth-order valence-corrected chi connectivity index (χ4v) is 1.90. The lowest BCUT2D eigenvalue weighted by molar-refractivity contribution is 0.630. The van der Waals surface area contributed by atoms with E-state index in [1.807, 2.05) is 6.92 Å². The summed E-state index contributed by atoms with van der Waals surface area (Å²) in [6.45, 7) is 9.24. The second-order valence-electron chi connectivity index (χ2n) is 4.01. The van der Waals surface area contributed by atoms with Crippen molar-refractivity contribution in [3.8, 4) is 0 Å². The molecule has 1 aromatic rings. The minimum Gasteiger partial charge on any atom is -0.369 e. The lowest BCUT2D eigenvalue weighted by atomic mass is 10.1. The molecule has 1 N–H and O–H groups in total. The van der Waals surface area contributed by atoms with Gasteiger partial charge in [0.2, 0.25) is 0 Å². The number of nitrogens with zero attached hydrogens (tertiary/aromatic N) is 2. The molecule has 1 rings (SSSR count). The van der Waals surface area contributed by atoms with Gasteiger partial charge in [0.1, 0.15) is 11.6 Å². The van der Waals surface area contributed by atoms with Crippen molar-refractivity contribution in [2.24, 2.45) is 5.92 Å². The number of aryl methyl sites for hydroxylation is 1. The molecule has 3 nitrogen and oxygen atoms in total. The highest BCUT2D eigenvalue weighted by atomic mass is 79.9. The molecular formula is C11H18BrN3. The van der Waals surface area contributed by atoms with E-state index in [1.54, 1.807) is 0 Å². The lowest BCUT2D eigenvalue weighted by Gasteiger charge is -2.12. The number of hydrogen-bond acceptors (Lipinski definition) is 3. The van der Waals surface area contributed by atoms with Crippen molar-refractivity contribution in [1.82, 2.24) is 9.97 Å². The highest BCUT2D eigenvalue weighted by molar-refractivity contribution is 9.10. The Morgan fingerprint density at radius 2 is 2.00 bits per heavy atom. The first-order valence-electron chi connectivity index (χ1n) is 5.31. The van der Waals surface area contributed by atoms with Gasteiger partial charge in [0.05, 0.1) is 10.2 Å². The summed E-state index contributed by atoms with van der Waals surface area (Å²) in [4.78, 5) is 8.82. The molecule has 0 unspecified atom stereocenters. The summed E-state index contributed by atoms with van der Waals surface area (Å²) in [5, 5.41) is 3.23. The summed E-state index contributed by atoms with van der Waals surface area (Å²) in [5.41, 5.74) is 1.09. The first-order chi connectivity index (χ1) is 7.04. The lowest BCUT2D eigenvalue weighted by Crippen LogP contribution is -2.07. The van der Waals surface area contributed by atoms with Crippen LogP contribution in [0.4, 0.5) is 5.82 Å². The Kier molecular flexibility index (Phi) is 4.51. The van der Waals surface area contributed by atoms with Gasteiger partial charge < -0.3 is 5.32 Å². The van der Waals surface area contributed by atoms with E-state index < -0.39 is 0 Å². The molecule has 1 aromatic heterocycles. The summed E-state index contributed by atoms with van der Waals surface area (Å²) in [5.74, 6) is 2.33. The second-order valence-corrected chi connectivity index (χ2v) is 4.80. The van der Waals surface area contributed by atoms with Gasteiger partial charge in [-0.3, -0.25) is 0 Å². The van der Waals surface area contributed by atoms with E-state index in [2.05, 4.69) is 52.0 Å². The van der Waals surface area contributed by atoms with Crippen molar-refractivity contribution in [2.75, 3.05) is 11.9 Å². The number of halogens is 1. The van der Waals surface area contributed by atoms with Crippen LogP contribution in [0.2, 0.25) is 0 Å². The number of nitrogens with one attached hydrogen (secondary N) is 1. The van der Waals surface area contributed by atoms with Crippen LogP contribution in [-0.4, -0.2) is 16.5 Å². The SMILES string of the molecule is CCNc1nc(C)nc(CC(C)C)c1Br. The molecule has 0 bridgehead atoms. The zero-order valence-electron chi connectivity index (χ0n) is 9.76. The standard InChI is InChI=1S/C11H18BrN3/c1-5-13-11-10(12)9(6-7(2)3)14-8(4)15-11/h7H,5-6H2,1-4H3,(H,13,14,15). The van der Waals surface area contributed by atoms with Gasteiger partial charge in [-0.25, -0.2) is 9.97 Å². The topological polar surface area (TPSA) is 37.8 Å². The minimum atomic E-state index is 0.602. The van der Waals surface area contributed by atoms with Gasteiger partial charge in [0.25, 0.3) is 0 Å². The Balaban J connectivity index is 3.04. The summed E-state index contributed by atoms with van der Waals surface area (Å²) in [6, 6.07) is 0. The normalized spacial score (nSPS) is 10.8. The largest absolute Gasteiger partial charge is 0.369 e. The van der Waals surface area contributed by atoms with Gasteiger partial charge in [-0.15, -0.1) is 0 Å². The van der Waals surface area contributed by atoms with Gasteiger partial charge in [-0.2, -0.15) is 0 Å². The molecule has 0 aromatic carbocycles. The predicted octanol–water partition coefficient (Wildman–Crippen LogP) is 3.18. The van der Waals surface area contributed by atoms with Gasteiger partial charge in [-0.05, 0) is 42.1 Å². The van der Waals surface area contributed by atoms with Crippen LogP contribution < -0.4 is 5.32 Å². The summed E-state index contributed by atoms with van der Waals surface area (Å²) in [6.07, 6.45) is 0.975. The van der Waals surface area contributed by atoms with E-state index >= 15 is 0 Å². The summed E-state index contributed by atoms with van der Waals surface area (Å²) in [7, 11) is 0. The zero-order valence-corrected chi connectivity index (χ0v) is 11.3. The minimum absolute atomic E-state index is 0.602. The molecule has 0 atom stereocenters. The smallest absolute Gasteiger partial charge is 0.144 e. The van der Waals surface area contributed by atoms with Crippen molar-refractivity contribution < 1.29 is 0 Å². The number of aromatic nitrogens is 2. The monoisotopic (exact) mass is 271 g/mol. The third kappa shape index (κ3) is 3.45. The molecule has 4 heteroatoms. The highest BCUT2D eigenvalue weighted by Gasteiger charge is 2.11. The van der Waals surface area contributed by atoms with Gasteiger partial charge in [0, 0.05) is 6.54 Å². The number of anilines is 1. The Morgan fingerprint density at radius 3 is 2.53 bits per heavy atom. The van der Waals surface area contributed by atoms with Gasteiger partial charge >= 0.3 is 0 Å². The van der Waals surface area contributed by atoms with Crippen molar-refractivity contribution in [1.29, 1.82) is 0 Å². The molecule has 0 spiro atoms. The van der Waals surface area contributed by atoms with Crippen LogP contribution in [0.3, 0.4) is 0 Å². The molecule has 0 radical (unpaired) electrons. The van der Waals surface area contributed by atoms with Crippen molar-refractivity contribution in [2.45, 2.75) is 34.1 Å². The Bertz CT molecular complexity index is 337. The maximum atomic E-state index is 4.46. The molecule has 1 heterocycles. The molecule has 84 valence electrons. The van der Waals surface area contributed by atoms with E-state index in [1.165, 1.54) is 0 Å². The average molecular weight is 272 g/mol. The Labute approximate surface area is 99.8 Å². The molecule has 0 amide bonds. The van der Waals surface area contributed by atoms with Crippen molar-refractivity contribution >= 4 is 21.7 Å². The average Bonchev–Trinajstić information content (AvgIpc) is 2.12. The molecule has 0 aliphatic carbocycles. The van der Waals surface area contributed by atoms with Crippen LogP contribution in [0.15, 0.2) is 4.47 Å². The Hall–Kier alpha value is -0.640. The number of hydrogen-bond donors (Lipinski definition) is 1. The summed E-state index contributed by atoms with van der Waals surface area (Å²) < 4.78 is 1.00. The fourth-order valence-electron chi connectivity index (χ4n) is 1.42. The van der Waals surface area contributed by atoms with Gasteiger partial charge in [0.15, 0.2) is 0 Å². The third-order valence-corrected chi connectivity index (χ3v) is 2.81. The highest BCUT2D eigenvalue weighted by Crippen LogP contribution is 2.25. The number of rotatable bonds is 4. The Morgan fingerprint density at radius 1 is 1.33 bits per heavy atom. The van der Waals surface area contributed by atoms with Crippen LogP contribution >= 0.6 is 15.9 Å². The fraction of sp³-hybridized carbons (Fsp3) is 0.636. The third-order valence-electron chi connectivity index (χ3n) is 1.98. The first kappa shape index (κ1) is 12.4. The van der Waals surface area contributed by atoms with E-state index in [-0.39, 0.29) is 0 Å². The van der Waals surface area contributed by atoms with Crippen LogP contribution in [0.25, 0.3) is 0 Å². The quantitative estimate of drug-likeness (QED) is 0.914. The molecular weight excluding hydrogens is 254 g/mol. The molecule has 0 aliphatic heterocycles. The van der Waals surface area contributed by atoms with Crippen LogP contribution in [0.1, 0.15) is 32.3 Å². The van der Waals surface area contributed by atoms with Crippen molar-refractivity contribution in [3.05, 3.63) is 16.0 Å². The maximum Gasteiger partial charge on any atom is 0.144 e. The molecule has 0 aliphatic rings.